The molecule has 4 aromatic rings. The molecule has 2 aliphatic heterocycles. The summed E-state index contributed by atoms with van der Waals surface area (Å²) in [5.41, 5.74) is 11.7. The zero-order valence-electron chi connectivity index (χ0n) is 19.2. The molecule has 1 aromatic carbocycles. The number of rotatable bonds is 5. The Kier molecular flexibility index (Phi) is 5.46. The number of aliphatic hydroxyl groups excluding tert-OH is 1. The third-order valence-corrected chi connectivity index (χ3v) is 7.09. The lowest BCUT2D eigenvalue weighted by molar-refractivity contribution is -0.119. The lowest BCUT2D eigenvalue weighted by Gasteiger charge is -2.24. The van der Waals surface area contributed by atoms with Gasteiger partial charge >= 0.3 is 0 Å². The van der Waals surface area contributed by atoms with Gasteiger partial charge in [-0.25, -0.2) is 9.50 Å². The van der Waals surface area contributed by atoms with Crippen molar-refractivity contribution >= 4 is 17.7 Å². The molecule has 2 aliphatic rings. The molecule has 2 fully saturated rings. The molecule has 0 bridgehead atoms. The Bertz CT molecular complexity index is 1370. The SMILES string of the molecule is Nc1ncnn2c(-c3cccc(C4C[C@@H](O)CN4C=O)c3)cc(-c3ccnn3C3CCOCC3)c12. The van der Waals surface area contributed by atoms with E-state index in [1.165, 1.54) is 6.33 Å². The molecule has 1 unspecified atom stereocenters. The topological polar surface area (TPSA) is 124 Å². The Balaban J connectivity index is 1.47. The Morgan fingerprint density at radius 3 is 2.80 bits per heavy atom. The van der Waals surface area contributed by atoms with Crippen molar-refractivity contribution in [3.05, 3.63) is 54.5 Å². The molecule has 1 amide bonds. The fourth-order valence-corrected chi connectivity index (χ4v) is 5.40. The van der Waals surface area contributed by atoms with Crippen molar-refractivity contribution in [3.8, 4) is 22.5 Å². The predicted molar refractivity (Wildman–Crippen MR) is 129 cm³/mol. The van der Waals surface area contributed by atoms with Crippen LogP contribution in [0, 0.1) is 0 Å². The molecule has 3 aromatic heterocycles. The van der Waals surface area contributed by atoms with E-state index in [9.17, 15) is 9.90 Å². The highest BCUT2D eigenvalue weighted by atomic mass is 16.5. The highest BCUT2D eigenvalue weighted by Gasteiger charge is 2.31. The summed E-state index contributed by atoms with van der Waals surface area (Å²) < 4.78 is 9.42. The number of likely N-dealkylation sites (tertiary alicyclic amines) is 1. The molecule has 0 radical (unpaired) electrons. The van der Waals surface area contributed by atoms with Gasteiger partial charge in [0.15, 0.2) is 5.82 Å². The molecular weight excluding hydrogens is 446 g/mol. The standard InChI is InChI=1S/C25H27N7O3/c26-25-24-20(21-4-7-28-31(21)18-5-8-35-9-6-18)12-23(32(24)29-14-27-25)17-3-1-2-16(10-17)22-11-19(34)13-30(22)15-33/h1-4,7,10,12,14-15,18-19,22,34H,5-6,8-9,11,13H2,(H2,26,27,29)/t19-,22?/m1/s1. The fourth-order valence-electron chi connectivity index (χ4n) is 5.40. The van der Waals surface area contributed by atoms with Gasteiger partial charge < -0.3 is 20.5 Å². The molecule has 10 nitrogen and oxygen atoms in total. The van der Waals surface area contributed by atoms with E-state index < -0.39 is 6.10 Å². The van der Waals surface area contributed by atoms with Crippen LogP contribution in [0.4, 0.5) is 5.82 Å². The molecule has 10 heteroatoms. The van der Waals surface area contributed by atoms with Gasteiger partial charge in [-0.1, -0.05) is 18.2 Å². The minimum atomic E-state index is -0.521. The molecule has 35 heavy (non-hydrogen) atoms. The van der Waals surface area contributed by atoms with Gasteiger partial charge in [0.1, 0.15) is 11.8 Å². The van der Waals surface area contributed by atoms with E-state index in [1.54, 1.807) is 4.90 Å². The number of nitrogens with two attached hydrogens (primary N) is 1. The number of carbonyl (C=O) groups excluding carboxylic acids is 1. The first-order valence-electron chi connectivity index (χ1n) is 11.9. The molecule has 2 saturated heterocycles. The summed E-state index contributed by atoms with van der Waals surface area (Å²) in [5.74, 6) is 0.392. The number of benzene rings is 1. The Hall–Kier alpha value is -3.76. The quantitative estimate of drug-likeness (QED) is 0.427. The van der Waals surface area contributed by atoms with E-state index in [2.05, 4.69) is 32.0 Å². The smallest absolute Gasteiger partial charge is 0.210 e. The number of hydrogen-bond acceptors (Lipinski definition) is 7. The van der Waals surface area contributed by atoms with Gasteiger partial charge in [0.25, 0.3) is 0 Å². The Morgan fingerprint density at radius 2 is 1.97 bits per heavy atom. The number of fused-ring (bicyclic) bond motifs is 1. The van der Waals surface area contributed by atoms with Gasteiger partial charge in [-0.2, -0.15) is 10.2 Å². The predicted octanol–water partition coefficient (Wildman–Crippen LogP) is 2.46. The summed E-state index contributed by atoms with van der Waals surface area (Å²) in [6.45, 7) is 1.78. The third kappa shape index (κ3) is 3.75. The van der Waals surface area contributed by atoms with Crippen molar-refractivity contribution in [1.82, 2.24) is 29.3 Å². The maximum absolute atomic E-state index is 11.6. The van der Waals surface area contributed by atoms with E-state index >= 15 is 0 Å². The van der Waals surface area contributed by atoms with Crippen LogP contribution in [0.3, 0.4) is 0 Å². The van der Waals surface area contributed by atoms with E-state index in [1.807, 2.05) is 35.0 Å². The summed E-state index contributed by atoms with van der Waals surface area (Å²) >= 11 is 0. The summed E-state index contributed by atoms with van der Waals surface area (Å²) in [7, 11) is 0. The second-order valence-electron chi connectivity index (χ2n) is 9.19. The first kappa shape index (κ1) is 21.8. The zero-order chi connectivity index (χ0) is 23.9. The van der Waals surface area contributed by atoms with Crippen LogP contribution in [0.25, 0.3) is 28.0 Å². The van der Waals surface area contributed by atoms with E-state index in [0.717, 1.165) is 66.1 Å². The van der Waals surface area contributed by atoms with E-state index in [4.69, 9.17) is 10.5 Å². The summed E-state index contributed by atoms with van der Waals surface area (Å²) in [6, 6.07) is 12.2. The molecule has 6 rings (SSSR count). The number of ether oxygens (including phenoxy) is 1. The first-order chi connectivity index (χ1) is 17.1. The highest BCUT2D eigenvalue weighted by Crippen LogP contribution is 2.38. The number of amides is 1. The maximum atomic E-state index is 11.6. The van der Waals surface area contributed by atoms with Crippen LogP contribution in [0.1, 0.15) is 36.9 Å². The maximum Gasteiger partial charge on any atom is 0.210 e. The number of nitrogens with zero attached hydrogens (tertiary/aromatic N) is 6. The monoisotopic (exact) mass is 473 g/mol. The average Bonchev–Trinajstić information content (AvgIpc) is 3.61. The number of carbonyl (C=O) groups is 1. The van der Waals surface area contributed by atoms with Gasteiger partial charge in [0.05, 0.1) is 29.6 Å². The highest BCUT2D eigenvalue weighted by molar-refractivity contribution is 5.91. The molecule has 2 atom stereocenters. The number of β-amino-alcohol motifs (C(OH)–C–C–N with tert-alkyl or cyclic N) is 1. The number of anilines is 1. The Labute approximate surface area is 201 Å². The second kappa shape index (κ2) is 8.79. The van der Waals surface area contributed by atoms with Crippen molar-refractivity contribution in [2.75, 3.05) is 25.5 Å². The lowest BCUT2D eigenvalue weighted by Crippen LogP contribution is -2.22. The van der Waals surface area contributed by atoms with Crippen LogP contribution in [0.5, 0.6) is 0 Å². The van der Waals surface area contributed by atoms with Crippen molar-refractivity contribution in [3.63, 3.8) is 0 Å². The van der Waals surface area contributed by atoms with Crippen molar-refractivity contribution < 1.29 is 14.6 Å². The molecule has 180 valence electrons. The van der Waals surface area contributed by atoms with Crippen LogP contribution >= 0.6 is 0 Å². The zero-order valence-corrected chi connectivity index (χ0v) is 19.2. The van der Waals surface area contributed by atoms with Gasteiger partial charge in [0, 0.05) is 37.1 Å². The number of aliphatic hydroxyl groups is 1. The first-order valence-corrected chi connectivity index (χ1v) is 11.9. The largest absolute Gasteiger partial charge is 0.391 e. The number of aromatic nitrogens is 5. The van der Waals surface area contributed by atoms with E-state index in [-0.39, 0.29) is 12.1 Å². The van der Waals surface area contributed by atoms with Crippen LogP contribution in [-0.2, 0) is 9.53 Å². The van der Waals surface area contributed by atoms with Gasteiger partial charge in [-0.3, -0.25) is 9.48 Å². The minimum Gasteiger partial charge on any atom is -0.391 e. The van der Waals surface area contributed by atoms with Crippen molar-refractivity contribution in [1.29, 1.82) is 0 Å². The fraction of sp³-hybridized carbons (Fsp3) is 0.360. The molecule has 3 N–H and O–H groups in total. The molecule has 0 saturated carbocycles. The normalized spacial score (nSPS) is 21.1. The van der Waals surface area contributed by atoms with Crippen molar-refractivity contribution in [2.45, 2.75) is 37.5 Å². The van der Waals surface area contributed by atoms with Crippen LogP contribution in [-0.4, -0.2) is 66.7 Å². The van der Waals surface area contributed by atoms with E-state index in [0.29, 0.717) is 18.8 Å². The summed E-state index contributed by atoms with van der Waals surface area (Å²) in [6.07, 6.45) is 5.88. The van der Waals surface area contributed by atoms with Gasteiger partial charge in [-0.15, -0.1) is 0 Å². The van der Waals surface area contributed by atoms with Crippen LogP contribution in [0.15, 0.2) is 48.9 Å². The number of hydrogen-bond donors (Lipinski definition) is 2. The molecule has 5 heterocycles. The van der Waals surface area contributed by atoms with Crippen LogP contribution in [0.2, 0.25) is 0 Å². The second-order valence-corrected chi connectivity index (χ2v) is 9.19. The average molecular weight is 474 g/mol. The van der Waals surface area contributed by atoms with Crippen LogP contribution < -0.4 is 5.73 Å². The van der Waals surface area contributed by atoms with Gasteiger partial charge in [0.2, 0.25) is 6.41 Å². The summed E-state index contributed by atoms with van der Waals surface area (Å²) in [4.78, 5) is 17.5. The van der Waals surface area contributed by atoms with Gasteiger partial charge in [-0.05, 0) is 43.0 Å². The van der Waals surface area contributed by atoms with Crippen molar-refractivity contribution in [2.24, 2.45) is 0 Å². The Morgan fingerprint density at radius 1 is 1.11 bits per heavy atom. The lowest BCUT2D eigenvalue weighted by atomic mass is 10.00. The number of nitrogen functional groups attached to an aromatic ring is 1. The summed E-state index contributed by atoms with van der Waals surface area (Å²) in [5, 5.41) is 19.3. The molecule has 0 aliphatic carbocycles. The minimum absolute atomic E-state index is 0.164. The third-order valence-electron chi connectivity index (χ3n) is 7.09. The molecular formula is C25H27N7O3. The molecule has 0 spiro atoms.